The third-order valence-corrected chi connectivity index (χ3v) is 5.28. The number of aliphatic hydroxyl groups excluding tert-OH is 1. The molecule has 21 heavy (non-hydrogen) atoms. The molecule has 2 rings (SSSR count). The lowest BCUT2D eigenvalue weighted by molar-refractivity contribution is 0.0467. The first-order valence-corrected chi connectivity index (χ1v) is 8.99. The molecular weight excluding hydrogens is 262 g/mol. The summed E-state index contributed by atoms with van der Waals surface area (Å²) in [5.74, 6) is 0. The van der Waals surface area contributed by atoms with Gasteiger partial charge in [-0.1, -0.05) is 13.3 Å². The maximum absolute atomic E-state index is 9.62. The highest BCUT2D eigenvalue weighted by Gasteiger charge is 2.29. The summed E-state index contributed by atoms with van der Waals surface area (Å²) in [7, 11) is 0. The maximum Gasteiger partial charge on any atom is 0.0610 e. The Morgan fingerprint density at radius 3 is 2.86 bits per heavy atom. The molecule has 2 N–H and O–H groups in total. The molecule has 0 radical (unpaired) electrons. The van der Waals surface area contributed by atoms with Crippen molar-refractivity contribution in [1.82, 2.24) is 15.1 Å². The quantitative estimate of drug-likeness (QED) is 0.715. The fourth-order valence-corrected chi connectivity index (χ4v) is 3.77. The molecule has 0 aromatic rings. The van der Waals surface area contributed by atoms with Crippen LogP contribution in [0.4, 0.5) is 0 Å². The van der Waals surface area contributed by atoms with E-state index in [0.29, 0.717) is 0 Å². The van der Waals surface area contributed by atoms with Crippen molar-refractivity contribution in [2.45, 2.75) is 64.0 Å². The van der Waals surface area contributed by atoms with Gasteiger partial charge in [-0.25, -0.2) is 0 Å². The van der Waals surface area contributed by atoms with Gasteiger partial charge in [0.2, 0.25) is 0 Å². The molecule has 2 unspecified atom stereocenters. The average molecular weight is 297 g/mol. The van der Waals surface area contributed by atoms with Crippen LogP contribution >= 0.6 is 0 Å². The molecule has 4 nitrogen and oxygen atoms in total. The topological polar surface area (TPSA) is 38.7 Å². The highest BCUT2D eigenvalue weighted by Crippen LogP contribution is 2.21. The molecule has 2 fully saturated rings. The predicted molar refractivity (Wildman–Crippen MR) is 88.7 cm³/mol. The summed E-state index contributed by atoms with van der Waals surface area (Å²) >= 11 is 0. The van der Waals surface area contributed by atoms with Crippen molar-refractivity contribution in [2.24, 2.45) is 0 Å². The summed E-state index contributed by atoms with van der Waals surface area (Å²) in [5.41, 5.74) is -0.0946. The largest absolute Gasteiger partial charge is 0.394 e. The molecule has 0 aromatic carbocycles. The molecule has 0 aromatic heterocycles. The van der Waals surface area contributed by atoms with Crippen molar-refractivity contribution in [3.8, 4) is 0 Å². The lowest BCUT2D eigenvalue weighted by atomic mass is 9.95. The van der Waals surface area contributed by atoms with Crippen LogP contribution in [0.25, 0.3) is 0 Å². The van der Waals surface area contributed by atoms with Crippen molar-refractivity contribution in [3.05, 3.63) is 0 Å². The maximum atomic E-state index is 9.62. The van der Waals surface area contributed by atoms with E-state index in [1.165, 1.54) is 58.4 Å². The van der Waals surface area contributed by atoms with E-state index >= 15 is 0 Å². The number of aliphatic hydroxyl groups is 1. The minimum atomic E-state index is -0.0946. The van der Waals surface area contributed by atoms with Crippen molar-refractivity contribution in [1.29, 1.82) is 0 Å². The second-order valence-corrected chi connectivity index (χ2v) is 7.24. The first-order valence-electron chi connectivity index (χ1n) is 8.99. The van der Waals surface area contributed by atoms with Gasteiger partial charge in [0.05, 0.1) is 6.61 Å². The SMILES string of the molecule is CCCNC(C)(CO)CCCN1CCN2CCCCC2C1. The zero-order chi connectivity index (χ0) is 15.1. The zero-order valence-electron chi connectivity index (χ0n) is 14.1. The van der Waals surface area contributed by atoms with E-state index in [4.69, 9.17) is 0 Å². The van der Waals surface area contributed by atoms with Gasteiger partial charge >= 0.3 is 0 Å². The van der Waals surface area contributed by atoms with Crippen molar-refractivity contribution >= 4 is 0 Å². The zero-order valence-corrected chi connectivity index (χ0v) is 14.1. The number of fused-ring (bicyclic) bond motifs is 1. The second-order valence-electron chi connectivity index (χ2n) is 7.24. The predicted octanol–water partition coefficient (Wildman–Crippen LogP) is 1.69. The number of hydrogen-bond acceptors (Lipinski definition) is 4. The molecule has 2 saturated heterocycles. The molecule has 0 spiro atoms. The molecule has 2 heterocycles. The van der Waals surface area contributed by atoms with Gasteiger partial charge in [0.25, 0.3) is 0 Å². The average Bonchev–Trinajstić information content (AvgIpc) is 2.53. The third-order valence-electron chi connectivity index (χ3n) is 5.28. The summed E-state index contributed by atoms with van der Waals surface area (Å²) < 4.78 is 0. The van der Waals surface area contributed by atoms with Crippen molar-refractivity contribution < 1.29 is 5.11 Å². The molecular formula is C17H35N3O. The first-order chi connectivity index (χ1) is 10.2. The third kappa shape index (κ3) is 5.20. The molecule has 0 amide bonds. The van der Waals surface area contributed by atoms with E-state index in [2.05, 4.69) is 29.0 Å². The van der Waals surface area contributed by atoms with Gasteiger partial charge in [-0.2, -0.15) is 0 Å². The fraction of sp³-hybridized carbons (Fsp3) is 1.00. The van der Waals surface area contributed by atoms with Crippen LogP contribution in [0, 0.1) is 0 Å². The van der Waals surface area contributed by atoms with E-state index in [9.17, 15) is 5.11 Å². The van der Waals surface area contributed by atoms with Crippen LogP contribution in [-0.4, -0.2) is 72.4 Å². The monoisotopic (exact) mass is 297 g/mol. The Kier molecular flexibility index (Phi) is 6.93. The molecule has 0 bridgehead atoms. The Hall–Kier alpha value is -0.160. The van der Waals surface area contributed by atoms with Crippen LogP contribution < -0.4 is 5.32 Å². The van der Waals surface area contributed by atoms with Crippen LogP contribution in [0.15, 0.2) is 0 Å². The van der Waals surface area contributed by atoms with E-state index in [1.54, 1.807) is 0 Å². The van der Waals surface area contributed by atoms with E-state index < -0.39 is 0 Å². The second kappa shape index (κ2) is 8.47. The standard InChI is InChI=1S/C17H35N3O/c1-3-9-18-17(2,15-21)8-6-10-19-12-13-20-11-5-4-7-16(20)14-19/h16,18,21H,3-15H2,1-2H3. The lowest BCUT2D eigenvalue weighted by Crippen LogP contribution is -2.55. The van der Waals surface area contributed by atoms with Crippen LogP contribution in [0.3, 0.4) is 0 Å². The molecule has 0 saturated carbocycles. The first kappa shape index (κ1) is 17.2. The minimum absolute atomic E-state index is 0.0946. The van der Waals surface area contributed by atoms with Crippen LogP contribution in [0.2, 0.25) is 0 Å². The van der Waals surface area contributed by atoms with Gasteiger partial charge in [0.15, 0.2) is 0 Å². The number of rotatable bonds is 8. The lowest BCUT2D eigenvalue weighted by Gasteiger charge is -2.44. The van der Waals surface area contributed by atoms with Gasteiger partial charge in [0, 0.05) is 31.2 Å². The number of piperidine rings is 1. The van der Waals surface area contributed by atoms with Crippen molar-refractivity contribution in [2.75, 3.05) is 45.9 Å². The van der Waals surface area contributed by atoms with Crippen LogP contribution in [0.5, 0.6) is 0 Å². The molecule has 2 atom stereocenters. The highest BCUT2D eigenvalue weighted by atomic mass is 16.3. The summed E-state index contributed by atoms with van der Waals surface area (Å²) in [5, 5.41) is 13.1. The fourth-order valence-electron chi connectivity index (χ4n) is 3.77. The summed E-state index contributed by atoms with van der Waals surface area (Å²) in [6.07, 6.45) is 7.57. The number of nitrogens with one attached hydrogen (secondary N) is 1. The molecule has 0 aliphatic carbocycles. The molecule has 4 heteroatoms. The number of piperazine rings is 1. The molecule has 124 valence electrons. The number of nitrogens with zero attached hydrogens (tertiary/aromatic N) is 2. The van der Waals surface area contributed by atoms with E-state index in [-0.39, 0.29) is 12.1 Å². The van der Waals surface area contributed by atoms with Gasteiger partial charge in [-0.05, 0) is 58.7 Å². The van der Waals surface area contributed by atoms with Crippen molar-refractivity contribution in [3.63, 3.8) is 0 Å². The summed E-state index contributed by atoms with van der Waals surface area (Å²) in [4.78, 5) is 5.34. The smallest absolute Gasteiger partial charge is 0.0610 e. The van der Waals surface area contributed by atoms with Crippen LogP contribution in [-0.2, 0) is 0 Å². The van der Waals surface area contributed by atoms with Gasteiger partial charge in [0.1, 0.15) is 0 Å². The Balaban J connectivity index is 1.68. The normalized spacial score (nSPS) is 27.3. The highest BCUT2D eigenvalue weighted by molar-refractivity contribution is 4.86. The Bertz CT molecular complexity index is 300. The van der Waals surface area contributed by atoms with Gasteiger partial charge < -0.3 is 15.3 Å². The Morgan fingerprint density at radius 1 is 1.24 bits per heavy atom. The van der Waals surface area contributed by atoms with E-state index in [1.807, 2.05) is 0 Å². The summed E-state index contributed by atoms with van der Waals surface area (Å²) in [6.45, 7) is 11.8. The molecule has 2 aliphatic rings. The van der Waals surface area contributed by atoms with Crippen LogP contribution in [0.1, 0.15) is 52.4 Å². The minimum Gasteiger partial charge on any atom is -0.394 e. The van der Waals surface area contributed by atoms with E-state index in [0.717, 1.165) is 25.4 Å². The Morgan fingerprint density at radius 2 is 2.10 bits per heavy atom. The number of hydrogen-bond donors (Lipinski definition) is 2. The van der Waals surface area contributed by atoms with Gasteiger partial charge in [-0.15, -0.1) is 0 Å². The Labute approximate surface area is 130 Å². The van der Waals surface area contributed by atoms with Gasteiger partial charge in [-0.3, -0.25) is 4.90 Å². The summed E-state index contributed by atoms with van der Waals surface area (Å²) in [6, 6.07) is 0.815. The molecule has 2 aliphatic heterocycles.